The predicted molar refractivity (Wildman–Crippen MR) is 50.0 cm³/mol. The molecule has 0 aliphatic rings. The molecule has 84 valence electrons. The summed E-state index contributed by atoms with van der Waals surface area (Å²) < 4.78 is 32.6. The Balaban J connectivity index is -0.000000177. The Morgan fingerprint density at radius 1 is 1.21 bits per heavy atom. The second-order valence-corrected chi connectivity index (χ2v) is 3.73. The Kier molecular flexibility index (Phi) is 16.4. The zero-order valence-corrected chi connectivity index (χ0v) is 12.7. The first-order valence-corrected chi connectivity index (χ1v) is 5.62. The normalized spacial score (nSPS) is 12.1. The van der Waals surface area contributed by atoms with Crippen LogP contribution in [0.5, 0.6) is 0 Å². The van der Waals surface area contributed by atoms with Gasteiger partial charge in [0, 0.05) is 32.7 Å². The Bertz CT molecular complexity index is 190. The molecule has 0 aliphatic carbocycles. The van der Waals surface area contributed by atoms with Crippen molar-refractivity contribution in [2.45, 2.75) is 32.6 Å². The molecule has 14 heavy (non-hydrogen) atoms. The number of aliphatic hydroxyl groups is 1. The first-order chi connectivity index (χ1) is 5.90. The fourth-order valence-electron chi connectivity index (χ4n) is 0.415. The van der Waals surface area contributed by atoms with Crippen molar-refractivity contribution in [3.63, 3.8) is 0 Å². The van der Waals surface area contributed by atoms with E-state index < -0.39 is 15.6 Å². The quantitative estimate of drug-likeness (QED) is 0.583. The van der Waals surface area contributed by atoms with E-state index >= 15 is 0 Å². The molecule has 1 atom stereocenters. The summed E-state index contributed by atoms with van der Waals surface area (Å²) >= 11 is 0. The van der Waals surface area contributed by atoms with Crippen LogP contribution in [-0.4, -0.2) is 36.7 Å². The summed E-state index contributed by atoms with van der Waals surface area (Å²) in [4.78, 5) is 0. The Morgan fingerprint density at radius 3 is 1.57 bits per heavy atom. The standard InChI is InChI=1S/C4H10O.C3H8O4S.Zn/c1-3-5-4-2;1-2-3(4)8(5,6)7;/h3-4H2,1-2H3;3-4H,2H2,1H3,(H,5,6,7);. The van der Waals surface area contributed by atoms with Crippen LogP contribution < -0.4 is 0 Å². The monoisotopic (exact) mass is 278 g/mol. The molecule has 0 aromatic heterocycles. The van der Waals surface area contributed by atoms with Gasteiger partial charge in [-0.3, -0.25) is 4.55 Å². The van der Waals surface area contributed by atoms with E-state index in [4.69, 9.17) is 14.4 Å². The summed E-state index contributed by atoms with van der Waals surface area (Å²) in [5.74, 6) is 0. The van der Waals surface area contributed by atoms with Crippen molar-refractivity contribution in [3.05, 3.63) is 0 Å². The SMILES string of the molecule is CCC(O)S(=O)(=O)O.CCOCC.[Zn]. The maximum absolute atomic E-state index is 9.87. The van der Waals surface area contributed by atoms with Gasteiger partial charge in [0.25, 0.3) is 10.1 Å². The molecule has 0 rings (SSSR count). The van der Waals surface area contributed by atoms with Crippen molar-refractivity contribution in [3.8, 4) is 0 Å². The zero-order valence-electron chi connectivity index (χ0n) is 8.93. The van der Waals surface area contributed by atoms with Crippen molar-refractivity contribution in [1.82, 2.24) is 0 Å². The number of ether oxygens (including phenoxy) is 1. The minimum atomic E-state index is -4.20. The van der Waals surface area contributed by atoms with Crippen LogP contribution in [0, 0.1) is 0 Å². The van der Waals surface area contributed by atoms with E-state index in [1.54, 1.807) is 0 Å². The Hall–Kier alpha value is 0.453. The second-order valence-electron chi connectivity index (χ2n) is 2.16. The van der Waals surface area contributed by atoms with E-state index in [1.165, 1.54) is 6.92 Å². The summed E-state index contributed by atoms with van der Waals surface area (Å²) in [5.41, 5.74) is -1.62. The van der Waals surface area contributed by atoms with Gasteiger partial charge in [0.1, 0.15) is 0 Å². The van der Waals surface area contributed by atoms with Gasteiger partial charge in [-0.2, -0.15) is 8.42 Å². The van der Waals surface area contributed by atoms with E-state index in [1.807, 2.05) is 13.8 Å². The van der Waals surface area contributed by atoms with Crippen LogP contribution in [0.15, 0.2) is 0 Å². The summed E-state index contributed by atoms with van der Waals surface area (Å²) in [5, 5.41) is 8.36. The first kappa shape index (κ1) is 19.9. The van der Waals surface area contributed by atoms with Crippen molar-refractivity contribution < 1.29 is 42.3 Å². The molecule has 7 heteroatoms. The van der Waals surface area contributed by atoms with Crippen molar-refractivity contribution in [2.75, 3.05) is 13.2 Å². The molecule has 0 saturated carbocycles. The number of hydrogen-bond acceptors (Lipinski definition) is 4. The minimum Gasteiger partial charge on any atom is -0.382 e. The first-order valence-electron chi connectivity index (χ1n) is 4.12. The molecular weight excluding hydrogens is 262 g/mol. The van der Waals surface area contributed by atoms with Crippen LogP contribution >= 0.6 is 0 Å². The minimum absolute atomic E-state index is 0. The van der Waals surface area contributed by atoms with Crippen molar-refractivity contribution in [2.24, 2.45) is 0 Å². The number of hydrogen-bond donors (Lipinski definition) is 2. The van der Waals surface area contributed by atoms with Gasteiger partial charge in [-0.05, 0) is 20.3 Å². The maximum atomic E-state index is 9.87. The summed E-state index contributed by atoms with van der Waals surface area (Å²) in [6.45, 7) is 7.12. The van der Waals surface area contributed by atoms with E-state index in [9.17, 15) is 8.42 Å². The van der Waals surface area contributed by atoms with Crippen molar-refractivity contribution in [1.29, 1.82) is 0 Å². The second kappa shape index (κ2) is 11.5. The van der Waals surface area contributed by atoms with Crippen LogP contribution in [0.2, 0.25) is 0 Å². The Labute approximate surface area is 98.4 Å². The largest absolute Gasteiger partial charge is 0.382 e. The van der Waals surface area contributed by atoms with E-state index in [0.29, 0.717) is 0 Å². The Morgan fingerprint density at radius 2 is 1.57 bits per heavy atom. The molecule has 0 heterocycles. The van der Waals surface area contributed by atoms with Crippen LogP contribution in [0.1, 0.15) is 27.2 Å². The molecule has 5 nitrogen and oxygen atoms in total. The summed E-state index contributed by atoms with van der Waals surface area (Å²) in [6, 6.07) is 0. The molecule has 0 saturated heterocycles. The number of rotatable bonds is 4. The van der Waals surface area contributed by atoms with Crippen molar-refractivity contribution >= 4 is 10.1 Å². The van der Waals surface area contributed by atoms with Gasteiger partial charge in [0.05, 0.1) is 0 Å². The third kappa shape index (κ3) is 14.9. The molecule has 0 aromatic carbocycles. The number of aliphatic hydroxyl groups excluding tert-OH is 1. The molecular formula is C7H18O5SZn. The molecule has 2 N–H and O–H groups in total. The van der Waals surface area contributed by atoms with E-state index in [2.05, 4.69) is 0 Å². The van der Waals surface area contributed by atoms with Gasteiger partial charge in [-0.15, -0.1) is 0 Å². The van der Waals surface area contributed by atoms with Crippen LogP contribution in [0.4, 0.5) is 0 Å². The molecule has 0 amide bonds. The summed E-state index contributed by atoms with van der Waals surface area (Å²) in [6.07, 6.45) is 0.0127. The molecule has 0 aliphatic heterocycles. The topological polar surface area (TPSA) is 83.8 Å². The molecule has 0 spiro atoms. The fourth-order valence-corrected chi connectivity index (χ4v) is 0.836. The summed E-state index contributed by atoms with van der Waals surface area (Å²) in [7, 11) is -4.20. The molecule has 0 radical (unpaired) electrons. The van der Waals surface area contributed by atoms with Gasteiger partial charge in [0.15, 0.2) is 5.44 Å². The third-order valence-electron chi connectivity index (χ3n) is 1.10. The maximum Gasteiger partial charge on any atom is 0.291 e. The molecule has 0 aromatic rings. The zero-order chi connectivity index (χ0) is 10.9. The third-order valence-corrected chi connectivity index (χ3v) is 2.12. The van der Waals surface area contributed by atoms with Gasteiger partial charge < -0.3 is 9.84 Å². The predicted octanol–water partition coefficient (Wildman–Crippen LogP) is 0.643. The molecule has 0 fully saturated rings. The van der Waals surface area contributed by atoms with Gasteiger partial charge in [-0.25, -0.2) is 0 Å². The average molecular weight is 280 g/mol. The fraction of sp³-hybridized carbons (Fsp3) is 1.00. The molecule has 0 bridgehead atoms. The van der Waals surface area contributed by atoms with Gasteiger partial charge in [0.2, 0.25) is 0 Å². The molecule has 1 unspecified atom stereocenters. The van der Waals surface area contributed by atoms with Gasteiger partial charge in [-0.1, -0.05) is 6.92 Å². The van der Waals surface area contributed by atoms with Crippen LogP contribution in [0.3, 0.4) is 0 Å². The van der Waals surface area contributed by atoms with E-state index in [0.717, 1.165) is 13.2 Å². The average Bonchev–Trinajstić information content (AvgIpc) is 2.04. The smallest absolute Gasteiger partial charge is 0.291 e. The van der Waals surface area contributed by atoms with Crippen LogP contribution in [-0.2, 0) is 34.3 Å². The van der Waals surface area contributed by atoms with E-state index in [-0.39, 0.29) is 25.9 Å². The van der Waals surface area contributed by atoms with Crippen LogP contribution in [0.25, 0.3) is 0 Å². The van der Waals surface area contributed by atoms with Gasteiger partial charge >= 0.3 is 0 Å².